The highest BCUT2D eigenvalue weighted by Crippen LogP contribution is 2.43. The van der Waals surface area contributed by atoms with Crippen LogP contribution in [0.5, 0.6) is 0 Å². The second-order valence-electron chi connectivity index (χ2n) is 5.03. The van der Waals surface area contributed by atoms with Gasteiger partial charge in [-0.25, -0.2) is 0 Å². The molecule has 0 aromatic heterocycles. The van der Waals surface area contributed by atoms with Crippen LogP contribution in [0.2, 0.25) is 0 Å². The van der Waals surface area contributed by atoms with Crippen LogP contribution in [0.4, 0.5) is 5.69 Å². The molecule has 1 atom stereocenters. The molecule has 0 heterocycles. The number of non-ortho nitro benzene ring substituents is 1. The quantitative estimate of drug-likeness (QED) is 0.360. The molecule has 1 aromatic rings. The Balaban J connectivity index is 2.08. The summed E-state index contributed by atoms with van der Waals surface area (Å²) in [7, 11) is 3.17. The molecule has 0 bridgehead atoms. The number of thioether (sulfide) groups is 1. The van der Waals surface area contributed by atoms with Gasteiger partial charge < -0.3 is 10.1 Å². The second-order valence-corrected chi connectivity index (χ2v) is 6.08. The number of methoxy groups -OCH3 is 1. The number of nitro groups is 1. The van der Waals surface area contributed by atoms with E-state index in [4.69, 9.17) is 4.74 Å². The Labute approximate surface area is 127 Å². The number of carbonyl (C=O) groups is 1. The predicted molar refractivity (Wildman–Crippen MR) is 80.4 cm³/mol. The molecule has 0 spiro atoms. The van der Waals surface area contributed by atoms with Crippen molar-refractivity contribution < 1.29 is 14.5 Å². The molecule has 0 aliphatic heterocycles. The van der Waals surface area contributed by atoms with Crippen LogP contribution < -0.4 is 5.32 Å². The van der Waals surface area contributed by atoms with E-state index in [2.05, 4.69) is 5.32 Å². The normalized spacial score (nSPS) is 17.0. The molecule has 1 aromatic carbocycles. The van der Waals surface area contributed by atoms with Gasteiger partial charge in [0.25, 0.3) is 5.69 Å². The summed E-state index contributed by atoms with van der Waals surface area (Å²) >= 11 is 1.50. The summed E-state index contributed by atoms with van der Waals surface area (Å²) in [4.78, 5) is 23.2. The molecule has 0 amide bonds. The van der Waals surface area contributed by atoms with Crippen molar-refractivity contribution in [2.24, 2.45) is 5.92 Å². The van der Waals surface area contributed by atoms with Gasteiger partial charge in [-0.15, -0.1) is 11.8 Å². The van der Waals surface area contributed by atoms with Crippen molar-refractivity contribution in [3.05, 3.63) is 34.4 Å². The topological polar surface area (TPSA) is 81.5 Å². The van der Waals surface area contributed by atoms with Crippen LogP contribution in [-0.2, 0) is 9.53 Å². The first-order chi connectivity index (χ1) is 10.0. The van der Waals surface area contributed by atoms with E-state index in [1.54, 1.807) is 19.2 Å². The molecule has 0 radical (unpaired) electrons. The predicted octanol–water partition coefficient (Wildman–Crippen LogP) is 2.23. The van der Waals surface area contributed by atoms with Crippen molar-refractivity contribution in [3.8, 4) is 0 Å². The molecule has 1 aliphatic carbocycles. The average molecular weight is 310 g/mol. The number of nitro benzene ring substituents is 1. The van der Waals surface area contributed by atoms with Crippen molar-refractivity contribution in [3.63, 3.8) is 0 Å². The Hall–Kier alpha value is -1.60. The Morgan fingerprint density at radius 1 is 1.48 bits per heavy atom. The summed E-state index contributed by atoms with van der Waals surface area (Å²) in [5, 5.41) is 13.8. The van der Waals surface area contributed by atoms with Crippen molar-refractivity contribution in [1.29, 1.82) is 0 Å². The maximum absolute atomic E-state index is 12.1. The third kappa shape index (κ3) is 3.36. The second kappa shape index (κ2) is 6.44. The van der Waals surface area contributed by atoms with Gasteiger partial charge in [0.05, 0.1) is 12.0 Å². The van der Waals surface area contributed by atoms with Gasteiger partial charge in [-0.1, -0.05) is 0 Å². The Morgan fingerprint density at radius 2 is 2.10 bits per heavy atom. The van der Waals surface area contributed by atoms with Gasteiger partial charge in [0.1, 0.15) is 5.54 Å². The van der Waals surface area contributed by atoms with E-state index in [1.807, 2.05) is 0 Å². The maximum atomic E-state index is 12.1. The largest absolute Gasteiger partial charge is 0.468 e. The number of esters is 1. The molecule has 1 saturated carbocycles. The average Bonchev–Trinajstić information content (AvgIpc) is 3.33. The number of carbonyl (C=O) groups excluding carboxylic acids is 1. The van der Waals surface area contributed by atoms with Gasteiger partial charge >= 0.3 is 5.97 Å². The lowest BCUT2D eigenvalue weighted by Gasteiger charge is -2.30. The minimum atomic E-state index is -0.679. The van der Waals surface area contributed by atoms with Crippen LogP contribution in [-0.4, -0.2) is 36.3 Å². The molecule has 1 fully saturated rings. The zero-order valence-electron chi connectivity index (χ0n) is 12.0. The Morgan fingerprint density at radius 3 is 2.52 bits per heavy atom. The SMILES string of the molecule is CNC(CSc1ccc([N+](=O)[O-])cc1)(C(=O)OC)C1CC1. The minimum absolute atomic E-state index is 0.0643. The number of nitrogens with one attached hydrogen (secondary N) is 1. The standard InChI is InChI=1S/C14H18N2O4S/c1-15-14(10-3-4-10,13(17)20-2)9-21-12-7-5-11(6-8-12)16(18)19/h5-8,10,15H,3-4,9H2,1-2H3. The number of likely N-dealkylation sites (N-methyl/N-ethyl adjacent to an activating group) is 1. The van der Waals surface area contributed by atoms with Crippen molar-refractivity contribution in [2.45, 2.75) is 23.3 Å². The molecule has 1 unspecified atom stereocenters. The molecular weight excluding hydrogens is 292 g/mol. The van der Waals surface area contributed by atoms with E-state index < -0.39 is 10.5 Å². The smallest absolute Gasteiger partial charge is 0.327 e. The third-order valence-electron chi connectivity index (χ3n) is 3.78. The Kier molecular flexibility index (Phi) is 4.84. The van der Waals surface area contributed by atoms with Gasteiger partial charge in [-0.05, 0) is 37.9 Å². The van der Waals surface area contributed by atoms with Crippen LogP contribution in [0.15, 0.2) is 29.2 Å². The lowest BCUT2D eigenvalue weighted by Crippen LogP contribution is -2.55. The summed E-state index contributed by atoms with van der Waals surface area (Å²) in [6.07, 6.45) is 2.02. The minimum Gasteiger partial charge on any atom is -0.468 e. The first-order valence-corrected chi connectivity index (χ1v) is 7.66. The van der Waals surface area contributed by atoms with Crippen LogP contribution in [0, 0.1) is 16.0 Å². The summed E-state index contributed by atoms with van der Waals surface area (Å²) in [6.45, 7) is 0. The van der Waals surface area contributed by atoms with E-state index in [-0.39, 0.29) is 11.7 Å². The third-order valence-corrected chi connectivity index (χ3v) is 4.99. The highest BCUT2D eigenvalue weighted by molar-refractivity contribution is 7.99. The summed E-state index contributed by atoms with van der Waals surface area (Å²) in [5.74, 6) is 0.584. The molecule has 6 nitrogen and oxygen atoms in total. The molecule has 1 aliphatic rings. The number of ether oxygens (including phenoxy) is 1. The van der Waals surface area contributed by atoms with Crippen molar-refractivity contribution in [1.82, 2.24) is 5.32 Å². The van der Waals surface area contributed by atoms with Crippen LogP contribution in [0.1, 0.15) is 12.8 Å². The number of hydrogen-bond acceptors (Lipinski definition) is 6. The van der Waals surface area contributed by atoms with Gasteiger partial charge in [0.15, 0.2) is 0 Å². The number of rotatable bonds is 7. The van der Waals surface area contributed by atoms with E-state index in [1.165, 1.54) is 31.0 Å². The molecule has 21 heavy (non-hydrogen) atoms. The fourth-order valence-electron chi connectivity index (χ4n) is 2.34. The summed E-state index contributed by atoms with van der Waals surface area (Å²) in [6, 6.07) is 6.35. The number of nitrogens with zero attached hydrogens (tertiary/aromatic N) is 1. The van der Waals surface area contributed by atoms with Gasteiger partial charge in [0.2, 0.25) is 0 Å². The fourth-order valence-corrected chi connectivity index (χ4v) is 3.56. The monoisotopic (exact) mass is 310 g/mol. The van der Waals surface area contributed by atoms with Crippen LogP contribution in [0.25, 0.3) is 0 Å². The molecular formula is C14H18N2O4S. The molecule has 2 rings (SSSR count). The Bertz CT molecular complexity index is 530. The zero-order chi connectivity index (χ0) is 15.5. The number of benzene rings is 1. The highest BCUT2D eigenvalue weighted by atomic mass is 32.2. The van der Waals surface area contributed by atoms with Crippen LogP contribution >= 0.6 is 11.8 Å². The first kappa shape index (κ1) is 15.8. The van der Waals surface area contributed by atoms with Crippen molar-refractivity contribution in [2.75, 3.05) is 19.9 Å². The summed E-state index contributed by atoms with van der Waals surface area (Å²) in [5.41, 5.74) is -0.615. The van der Waals surface area contributed by atoms with Gasteiger partial charge in [0, 0.05) is 22.8 Å². The zero-order valence-corrected chi connectivity index (χ0v) is 12.8. The van der Waals surface area contributed by atoms with Gasteiger partial charge in [-0.2, -0.15) is 0 Å². The lowest BCUT2D eigenvalue weighted by atomic mass is 9.96. The molecule has 0 saturated heterocycles. The van der Waals surface area contributed by atoms with Gasteiger partial charge in [-0.3, -0.25) is 14.9 Å². The van der Waals surface area contributed by atoms with E-state index in [9.17, 15) is 14.9 Å². The molecule has 114 valence electrons. The first-order valence-electron chi connectivity index (χ1n) is 6.68. The van der Waals surface area contributed by atoms with E-state index in [0.717, 1.165) is 17.7 Å². The number of hydrogen-bond donors (Lipinski definition) is 1. The summed E-state index contributed by atoms with van der Waals surface area (Å²) < 4.78 is 4.94. The molecule has 7 heteroatoms. The highest BCUT2D eigenvalue weighted by Gasteiger charge is 2.50. The van der Waals surface area contributed by atoms with E-state index in [0.29, 0.717) is 11.7 Å². The van der Waals surface area contributed by atoms with E-state index >= 15 is 0 Å². The van der Waals surface area contributed by atoms with Crippen molar-refractivity contribution >= 4 is 23.4 Å². The maximum Gasteiger partial charge on any atom is 0.327 e. The molecule has 1 N–H and O–H groups in total. The van der Waals surface area contributed by atoms with Crippen LogP contribution in [0.3, 0.4) is 0 Å². The fraction of sp³-hybridized carbons (Fsp3) is 0.500. The lowest BCUT2D eigenvalue weighted by molar-refractivity contribution is -0.384.